The Morgan fingerprint density at radius 3 is 2.00 bits per heavy atom. The molecule has 1 rings (SSSR count). The molecule has 0 heterocycles. The number of carbonyl (C=O) groups is 2. The number of benzene rings is 1. The normalized spacial score (nSPS) is 10.9. The van der Waals surface area contributed by atoms with Crippen LogP contribution >= 0.6 is 23.2 Å². The minimum Gasteiger partial charge on any atom is -0.466 e. The van der Waals surface area contributed by atoms with Crippen LogP contribution in [0.2, 0.25) is 10.0 Å². The third-order valence-electron chi connectivity index (χ3n) is 2.30. The van der Waals surface area contributed by atoms with Crippen molar-refractivity contribution < 1.29 is 24.2 Å². The van der Waals surface area contributed by atoms with E-state index in [2.05, 4.69) is 9.47 Å². The lowest BCUT2D eigenvalue weighted by molar-refractivity contribution is -0.181. The molecule has 0 atom stereocenters. The van der Waals surface area contributed by atoms with Gasteiger partial charge in [-0.2, -0.15) is 0 Å². The number of methoxy groups -OCH3 is 2. The summed E-state index contributed by atoms with van der Waals surface area (Å²) in [6.07, 6.45) is 0. The van der Waals surface area contributed by atoms with Crippen molar-refractivity contribution in [2.24, 2.45) is 0 Å². The van der Waals surface area contributed by atoms with Gasteiger partial charge in [0.05, 0.1) is 24.3 Å². The van der Waals surface area contributed by atoms with Crippen LogP contribution in [0.15, 0.2) is 18.2 Å². The summed E-state index contributed by atoms with van der Waals surface area (Å²) < 4.78 is 8.79. The maximum atomic E-state index is 11.6. The molecule has 1 aromatic carbocycles. The summed E-state index contributed by atoms with van der Waals surface area (Å²) in [7, 11) is 2.07. The first-order valence-electron chi connectivity index (χ1n) is 4.72. The van der Waals surface area contributed by atoms with Crippen LogP contribution in [0, 0.1) is 0 Å². The first-order chi connectivity index (χ1) is 8.37. The van der Waals surface area contributed by atoms with E-state index in [1.165, 1.54) is 18.2 Å². The molecule has 98 valence electrons. The second kappa shape index (κ2) is 5.56. The molecule has 7 heteroatoms. The summed E-state index contributed by atoms with van der Waals surface area (Å²) in [6.45, 7) is 0. The van der Waals surface area contributed by atoms with E-state index in [1.54, 1.807) is 0 Å². The molecule has 0 unspecified atom stereocenters. The molecule has 0 spiro atoms. The van der Waals surface area contributed by atoms with Crippen LogP contribution in [0.3, 0.4) is 0 Å². The molecule has 0 saturated heterocycles. The van der Waals surface area contributed by atoms with Crippen LogP contribution in [-0.4, -0.2) is 31.3 Å². The van der Waals surface area contributed by atoms with Gasteiger partial charge in [0.15, 0.2) is 0 Å². The number of carbonyl (C=O) groups excluding carboxylic acids is 2. The Balaban J connectivity index is 3.39. The van der Waals surface area contributed by atoms with Crippen LogP contribution in [0.4, 0.5) is 0 Å². The van der Waals surface area contributed by atoms with Crippen molar-refractivity contribution in [2.45, 2.75) is 5.60 Å². The van der Waals surface area contributed by atoms with Gasteiger partial charge in [0.2, 0.25) is 0 Å². The molecule has 0 bridgehead atoms. The van der Waals surface area contributed by atoms with E-state index in [4.69, 9.17) is 23.2 Å². The van der Waals surface area contributed by atoms with E-state index in [0.717, 1.165) is 14.2 Å². The highest BCUT2D eigenvalue weighted by molar-refractivity contribution is 6.42. The van der Waals surface area contributed by atoms with Crippen molar-refractivity contribution in [3.8, 4) is 0 Å². The van der Waals surface area contributed by atoms with Crippen LogP contribution in [0.1, 0.15) is 5.56 Å². The number of hydrogen-bond acceptors (Lipinski definition) is 5. The average molecular weight is 293 g/mol. The molecule has 0 aliphatic heterocycles. The summed E-state index contributed by atoms with van der Waals surface area (Å²) >= 11 is 11.5. The molecular weight excluding hydrogens is 283 g/mol. The molecule has 5 nitrogen and oxygen atoms in total. The van der Waals surface area contributed by atoms with Crippen molar-refractivity contribution in [1.29, 1.82) is 0 Å². The maximum Gasteiger partial charge on any atom is 0.354 e. The second-order valence-corrected chi connectivity index (χ2v) is 4.14. The summed E-state index contributed by atoms with van der Waals surface area (Å²) in [5.74, 6) is -2.35. The van der Waals surface area contributed by atoms with Gasteiger partial charge in [0, 0.05) is 5.56 Å². The average Bonchev–Trinajstić information content (AvgIpc) is 2.38. The Bertz CT molecular complexity index is 470. The molecule has 0 aliphatic carbocycles. The lowest BCUT2D eigenvalue weighted by Crippen LogP contribution is -2.45. The maximum absolute atomic E-state index is 11.6. The highest BCUT2D eigenvalue weighted by Crippen LogP contribution is 2.30. The van der Waals surface area contributed by atoms with Crippen LogP contribution < -0.4 is 0 Å². The number of rotatable bonds is 3. The van der Waals surface area contributed by atoms with Gasteiger partial charge >= 0.3 is 11.9 Å². The zero-order valence-corrected chi connectivity index (χ0v) is 11.1. The summed E-state index contributed by atoms with van der Waals surface area (Å²) in [4.78, 5) is 23.2. The van der Waals surface area contributed by atoms with Gasteiger partial charge in [0.25, 0.3) is 5.60 Å². The van der Waals surface area contributed by atoms with E-state index in [0.29, 0.717) is 0 Å². The monoisotopic (exact) mass is 292 g/mol. The fourth-order valence-electron chi connectivity index (χ4n) is 1.34. The molecule has 0 aliphatic rings. The Labute approximate surface area is 113 Å². The third kappa shape index (κ3) is 2.43. The van der Waals surface area contributed by atoms with Crippen molar-refractivity contribution in [2.75, 3.05) is 14.2 Å². The van der Waals surface area contributed by atoms with Gasteiger partial charge in [-0.3, -0.25) is 0 Å². The number of aliphatic hydroxyl groups is 1. The summed E-state index contributed by atoms with van der Waals surface area (Å²) in [6, 6.07) is 3.82. The van der Waals surface area contributed by atoms with Crippen LogP contribution in [0.5, 0.6) is 0 Å². The van der Waals surface area contributed by atoms with E-state index in [1.807, 2.05) is 0 Å². The molecule has 1 N–H and O–H groups in total. The number of hydrogen-bond donors (Lipinski definition) is 1. The Kier molecular flexibility index (Phi) is 4.56. The SMILES string of the molecule is COC(=O)C(O)(C(=O)OC)c1ccc(Cl)c(Cl)c1. The van der Waals surface area contributed by atoms with Gasteiger partial charge in [-0.05, 0) is 12.1 Å². The molecule has 0 fully saturated rings. The van der Waals surface area contributed by atoms with Gasteiger partial charge in [-0.25, -0.2) is 9.59 Å². The van der Waals surface area contributed by atoms with Gasteiger partial charge in [-0.15, -0.1) is 0 Å². The molecule has 0 saturated carbocycles. The van der Waals surface area contributed by atoms with Crippen molar-refractivity contribution in [1.82, 2.24) is 0 Å². The van der Waals surface area contributed by atoms with Gasteiger partial charge < -0.3 is 14.6 Å². The number of esters is 2. The molecule has 0 radical (unpaired) electrons. The largest absolute Gasteiger partial charge is 0.466 e. The molecule has 1 aromatic rings. The van der Waals surface area contributed by atoms with Crippen molar-refractivity contribution in [3.05, 3.63) is 33.8 Å². The van der Waals surface area contributed by atoms with E-state index < -0.39 is 17.5 Å². The van der Waals surface area contributed by atoms with Crippen LogP contribution in [0.25, 0.3) is 0 Å². The highest BCUT2D eigenvalue weighted by Gasteiger charge is 2.48. The quantitative estimate of drug-likeness (QED) is 0.676. The second-order valence-electron chi connectivity index (χ2n) is 3.32. The molecule has 0 aromatic heterocycles. The van der Waals surface area contributed by atoms with Crippen molar-refractivity contribution >= 4 is 35.1 Å². The van der Waals surface area contributed by atoms with Crippen LogP contribution in [-0.2, 0) is 24.7 Å². The highest BCUT2D eigenvalue weighted by atomic mass is 35.5. The summed E-state index contributed by atoms with van der Waals surface area (Å²) in [5, 5.41) is 10.5. The zero-order chi connectivity index (χ0) is 13.9. The molecule has 0 amide bonds. The van der Waals surface area contributed by atoms with Gasteiger partial charge in [0.1, 0.15) is 0 Å². The minimum atomic E-state index is -2.57. The molecular formula is C11H10Cl2O5. The zero-order valence-electron chi connectivity index (χ0n) is 9.57. The lowest BCUT2D eigenvalue weighted by atomic mass is 9.94. The first-order valence-corrected chi connectivity index (χ1v) is 5.48. The lowest BCUT2D eigenvalue weighted by Gasteiger charge is -2.22. The molecule has 18 heavy (non-hydrogen) atoms. The van der Waals surface area contributed by atoms with E-state index >= 15 is 0 Å². The number of ether oxygens (including phenoxy) is 2. The Morgan fingerprint density at radius 1 is 1.11 bits per heavy atom. The fraction of sp³-hybridized carbons (Fsp3) is 0.273. The predicted molar refractivity (Wildman–Crippen MR) is 64.4 cm³/mol. The topological polar surface area (TPSA) is 72.8 Å². The summed E-state index contributed by atoms with van der Waals surface area (Å²) in [5.41, 5.74) is -2.66. The Morgan fingerprint density at radius 2 is 1.61 bits per heavy atom. The standard InChI is InChI=1S/C11H10Cl2O5/c1-17-9(14)11(16,10(15)18-2)6-3-4-7(12)8(13)5-6/h3-5,16H,1-2H3. The fourth-order valence-corrected chi connectivity index (χ4v) is 1.63. The Hall–Kier alpha value is -1.30. The predicted octanol–water partition coefficient (Wildman–Crippen LogP) is 1.53. The van der Waals surface area contributed by atoms with E-state index in [9.17, 15) is 14.7 Å². The smallest absolute Gasteiger partial charge is 0.354 e. The van der Waals surface area contributed by atoms with Crippen molar-refractivity contribution in [3.63, 3.8) is 0 Å². The van der Waals surface area contributed by atoms with E-state index in [-0.39, 0.29) is 15.6 Å². The van der Waals surface area contributed by atoms with Gasteiger partial charge in [-0.1, -0.05) is 29.3 Å². The third-order valence-corrected chi connectivity index (χ3v) is 3.04. The first kappa shape index (κ1) is 14.8. The minimum absolute atomic E-state index is 0.0837. The number of halogens is 2.